The van der Waals surface area contributed by atoms with Crippen LogP contribution in [0.4, 0.5) is 0 Å². The van der Waals surface area contributed by atoms with Crippen LogP contribution in [0.5, 0.6) is 0 Å². The molecule has 0 N–H and O–H groups in total. The van der Waals surface area contributed by atoms with E-state index in [1.165, 1.54) is 6.92 Å². The van der Waals surface area contributed by atoms with Crippen LogP contribution in [0.2, 0.25) is 0 Å². The van der Waals surface area contributed by atoms with Gasteiger partial charge in [0.2, 0.25) is 0 Å². The first kappa shape index (κ1) is 16.9. The van der Waals surface area contributed by atoms with E-state index >= 15 is 0 Å². The van der Waals surface area contributed by atoms with Crippen molar-refractivity contribution in [3.8, 4) is 0 Å². The number of rotatable bonds is 4. The first-order chi connectivity index (χ1) is 8.96. The number of ether oxygens (including phenoxy) is 2. The summed E-state index contributed by atoms with van der Waals surface area (Å²) < 4.78 is 12.2. The number of benzene rings is 1. The Morgan fingerprint density at radius 2 is 1.25 bits per heavy atom. The molecule has 0 aliphatic carbocycles. The highest BCUT2D eigenvalue weighted by molar-refractivity contribution is 5.85. The van der Waals surface area contributed by atoms with E-state index in [9.17, 15) is 4.79 Å². The van der Waals surface area contributed by atoms with Gasteiger partial charge in [-0.1, -0.05) is 30.3 Å². The molecule has 0 unspecified atom stereocenters. The minimum atomic E-state index is -1.38. The molecule has 0 bridgehead atoms. The Hall–Kier alpha value is -1.19. The quantitative estimate of drug-likeness (QED) is 0.779. The van der Waals surface area contributed by atoms with Crippen LogP contribution in [0.15, 0.2) is 30.3 Å². The molecule has 1 aromatic carbocycles. The molecule has 0 aliphatic rings. The maximum atomic E-state index is 12.4. The zero-order chi connectivity index (χ0) is 15.6. The number of ketones is 1. The Morgan fingerprint density at radius 1 is 0.850 bits per heavy atom. The highest BCUT2D eigenvalue weighted by Gasteiger charge is 2.46. The Bertz CT molecular complexity index is 433. The van der Waals surface area contributed by atoms with Crippen molar-refractivity contribution in [1.29, 1.82) is 0 Å². The molecule has 0 aliphatic heterocycles. The summed E-state index contributed by atoms with van der Waals surface area (Å²) in [7, 11) is 0. The van der Waals surface area contributed by atoms with Crippen LogP contribution in [0.1, 0.15) is 54.0 Å². The molecule has 0 radical (unpaired) electrons. The first-order valence-corrected chi connectivity index (χ1v) is 6.93. The largest absolute Gasteiger partial charge is 0.334 e. The highest BCUT2D eigenvalue weighted by Crippen LogP contribution is 2.36. The van der Waals surface area contributed by atoms with Crippen LogP contribution in [-0.2, 0) is 20.1 Å². The zero-order valence-electron chi connectivity index (χ0n) is 13.6. The second-order valence-corrected chi connectivity index (χ2v) is 6.97. The van der Waals surface area contributed by atoms with E-state index in [1.807, 2.05) is 71.9 Å². The van der Waals surface area contributed by atoms with Gasteiger partial charge in [-0.25, -0.2) is 0 Å². The molecule has 1 rings (SSSR count). The van der Waals surface area contributed by atoms with E-state index in [-0.39, 0.29) is 5.78 Å². The number of hydrogen-bond acceptors (Lipinski definition) is 3. The Labute approximate surface area is 122 Å². The van der Waals surface area contributed by atoms with Crippen molar-refractivity contribution < 1.29 is 14.3 Å². The van der Waals surface area contributed by atoms with Gasteiger partial charge in [0.15, 0.2) is 5.78 Å². The number of Topliss-reactive ketones (excluding diaryl/α,β-unsaturated/α-hetero) is 1. The average molecular weight is 278 g/mol. The summed E-state index contributed by atoms with van der Waals surface area (Å²) in [6.07, 6.45) is 0. The van der Waals surface area contributed by atoms with Crippen molar-refractivity contribution >= 4 is 5.78 Å². The lowest BCUT2D eigenvalue weighted by atomic mass is 9.98. The van der Waals surface area contributed by atoms with Gasteiger partial charge in [-0.2, -0.15) is 0 Å². The maximum absolute atomic E-state index is 12.4. The molecule has 0 atom stereocenters. The SMILES string of the molecule is CC(=O)C(OC(C)(C)C)(OC(C)(C)C)c1ccccc1. The van der Waals surface area contributed by atoms with Crippen LogP contribution >= 0.6 is 0 Å². The van der Waals surface area contributed by atoms with Crippen molar-refractivity contribution in [2.75, 3.05) is 0 Å². The molecule has 0 fully saturated rings. The molecule has 20 heavy (non-hydrogen) atoms. The van der Waals surface area contributed by atoms with Gasteiger partial charge in [0, 0.05) is 12.5 Å². The van der Waals surface area contributed by atoms with Crippen LogP contribution in [0.25, 0.3) is 0 Å². The predicted octanol–water partition coefficient (Wildman–Crippen LogP) is 4.06. The van der Waals surface area contributed by atoms with E-state index in [0.717, 1.165) is 5.56 Å². The van der Waals surface area contributed by atoms with Gasteiger partial charge in [-0.3, -0.25) is 4.79 Å². The van der Waals surface area contributed by atoms with Crippen molar-refractivity contribution in [1.82, 2.24) is 0 Å². The molecule has 0 amide bonds. The van der Waals surface area contributed by atoms with Gasteiger partial charge in [-0.05, 0) is 41.5 Å². The zero-order valence-corrected chi connectivity index (χ0v) is 13.6. The molecule has 0 spiro atoms. The molecule has 3 nitrogen and oxygen atoms in total. The van der Waals surface area contributed by atoms with Crippen molar-refractivity contribution in [2.24, 2.45) is 0 Å². The predicted molar refractivity (Wildman–Crippen MR) is 80.5 cm³/mol. The van der Waals surface area contributed by atoms with E-state index in [0.29, 0.717) is 0 Å². The first-order valence-electron chi connectivity index (χ1n) is 6.93. The number of hydrogen-bond donors (Lipinski definition) is 0. The monoisotopic (exact) mass is 278 g/mol. The normalized spacial score (nSPS) is 13.3. The Balaban J connectivity index is 3.39. The van der Waals surface area contributed by atoms with Crippen LogP contribution in [0, 0.1) is 0 Å². The van der Waals surface area contributed by atoms with Crippen molar-refractivity contribution in [3.05, 3.63) is 35.9 Å². The molecular weight excluding hydrogens is 252 g/mol. The highest BCUT2D eigenvalue weighted by atomic mass is 16.7. The fraction of sp³-hybridized carbons (Fsp3) is 0.588. The van der Waals surface area contributed by atoms with Crippen LogP contribution in [-0.4, -0.2) is 17.0 Å². The molecule has 0 aromatic heterocycles. The second-order valence-electron chi connectivity index (χ2n) is 6.97. The average Bonchev–Trinajstić information content (AvgIpc) is 2.25. The summed E-state index contributed by atoms with van der Waals surface area (Å²) in [5.41, 5.74) is -0.295. The molecular formula is C17H26O3. The minimum absolute atomic E-state index is 0.159. The second kappa shape index (κ2) is 5.66. The summed E-state index contributed by atoms with van der Waals surface area (Å²) in [5, 5.41) is 0. The summed E-state index contributed by atoms with van der Waals surface area (Å²) in [4.78, 5) is 12.4. The Kier molecular flexibility index (Phi) is 4.78. The Morgan fingerprint density at radius 3 is 1.55 bits per heavy atom. The lowest BCUT2D eigenvalue weighted by molar-refractivity contribution is -0.300. The molecule has 3 heteroatoms. The van der Waals surface area contributed by atoms with Gasteiger partial charge in [-0.15, -0.1) is 0 Å². The fourth-order valence-corrected chi connectivity index (χ4v) is 2.01. The van der Waals surface area contributed by atoms with Gasteiger partial charge in [0.05, 0.1) is 11.2 Å². The van der Waals surface area contributed by atoms with Crippen LogP contribution < -0.4 is 0 Å². The topological polar surface area (TPSA) is 35.5 Å². The smallest absolute Gasteiger partial charge is 0.257 e. The molecule has 112 valence electrons. The summed E-state index contributed by atoms with van der Waals surface area (Å²) in [6, 6.07) is 9.39. The maximum Gasteiger partial charge on any atom is 0.257 e. The fourth-order valence-electron chi connectivity index (χ4n) is 2.01. The molecule has 0 saturated carbocycles. The summed E-state index contributed by atoms with van der Waals surface area (Å²) in [6.45, 7) is 13.0. The lowest BCUT2D eigenvalue weighted by Gasteiger charge is -2.41. The third-order valence-corrected chi connectivity index (χ3v) is 2.52. The van der Waals surface area contributed by atoms with Crippen molar-refractivity contribution in [3.63, 3.8) is 0 Å². The molecule has 0 heterocycles. The van der Waals surface area contributed by atoms with Gasteiger partial charge >= 0.3 is 0 Å². The van der Waals surface area contributed by atoms with Crippen LogP contribution in [0.3, 0.4) is 0 Å². The van der Waals surface area contributed by atoms with E-state index < -0.39 is 17.0 Å². The minimum Gasteiger partial charge on any atom is -0.334 e. The number of carbonyl (C=O) groups excluding carboxylic acids is 1. The van der Waals surface area contributed by atoms with Gasteiger partial charge in [0.1, 0.15) is 0 Å². The van der Waals surface area contributed by atoms with E-state index in [2.05, 4.69) is 0 Å². The molecule has 1 aromatic rings. The third kappa shape index (κ3) is 4.43. The van der Waals surface area contributed by atoms with E-state index in [4.69, 9.17) is 9.47 Å². The molecule has 0 saturated heterocycles. The van der Waals surface area contributed by atoms with E-state index in [1.54, 1.807) is 0 Å². The third-order valence-electron chi connectivity index (χ3n) is 2.52. The standard InChI is InChI=1S/C17H26O3/c1-13(18)17(19-15(2,3)4,20-16(5,6)7)14-11-9-8-10-12-14/h8-12H,1-7H3. The summed E-state index contributed by atoms with van der Waals surface area (Å²) >= 11 is 0. The van der Waals surface area contributed by atoms with Gasteiger partial charge < -0.3 is 9.47 Å². The van der Waals surface area contributed by atoms with Crippen molar-refractivity contribution in [2.45, 2.75) is 65.5 Å². The number of carbonyl (C=O) groups is 1. The summed E-state index contributed by atoms with van der Waals surface area (Å²) in [5.74, 6) is -1.54. The lowest BCUT2D eigenvalue weighted by Crippen LogP contribution is -2.49. The van der Waals surface area contributed by atoms with Gasteiger partial charge in [0.25, 0.3) is 5.79 Å².